The Balaban J connectivity index is 2.03. The van der Waals surface area contributed by atoms with E-state index in [2.05, 4.69) is 21.2 Å². The SMILES string of the molecule is Cc1cc(C(=O)NC2(CBr)CC2)co1. The van der Waals surface area contributed by atoms with Crippen molar-refractivity contribution in [3.63, 3.8) is 0 Å². The summed E-state index contributed by atoms with van der Waals surface area (Å²) in [6.45, 7) is 1.83. The van der Waals surface area contributed by atoms with E-state index in [-0.39, 0.29) is 11.4 Å². The van der Waals surface area contributed by atoms with Gasteiger partial charge in [-0.3, -0.25) is 4.79 Å². The first kappa shape index (κ1) is 9.77. The zero-order valence-electron chi connectivity index (χ0n) is 7.97. The molecule has 14 heavy (non-hydrogen) atoms. The van der Waals surface area contributed by atoms with Gasteiger partial charge in [-0.15, -0.1) is 0 Å². The number of rotatable bonds is 3. The summed E-state index contributed by atoms with van der Waals surface area (Å²) >= 11 is 3.40. The van der Waals surface area contributed by atoms with E-state index in [9.17, 15) is 4.79 Å². The standard InChI is InChI=1S/C10H12BrNO2/c1-7-4-8(5-14-7)9(13)12-10(6-11)2-3-10/h4-5H,2-3,6H2,1H3,(H,12,13). The van der Waals surface area contributed by atoms with Crippen molar-refractivity contribution < 1.29 is 9.21 Å². The van der Waals surface area contributed by atoms with Gasteiger partial charge < -0.3 is 9.73 Å². The third kappa shape index (κ3) is 1.85. The number of alkyl halides is 1. The van der Waals surface area contributed by atoms with Crippen molar-refractivity contribution in [3.05, 3.63) is 23.7 Å². The Labute approximate surface area is 91.0 Å². The third-order valence-corrected chi connectivity index (χ3v) is 3.55. The predicted octanol–water partition coefficient (Wildman–Crippen LogP) is 2.25. The number of nitrogens with one attached hydrogen (secondary N) is 1. The largest absolute Gasteiger partial charge is 0.469 e. The molecule has 0 unspecified atom stereocenters. The number of hydrogen-bond donors (Lipinski definition) is 1. The van der Waals surface area contributed by atoms with Gasteiger partial charge in [0.25, 0.3) is 5.91 Å². The summed E-state index contributed by atoms with van der Waals surface area (Å²) in [6, 6.07) is 1.75. The van der Waals surface area contributed by atoms with Crippen LogP contribution in [0.1, 0.15) is 29.0 Å². The Hall–Kier alpha value is -0.770. The highest BCUT2D eigenvalue weighted by Gasteiger charge is 2.43. The second kappa shape index (κ2) is 3.42. The van der Waals surface area contributed by atoms with Crippen LogP contribution >= 0.6 is 15.9 Å². The van der Waals surface area contributed by atoms with Crippen molar-refractivity contribution in [2.75, 3.05) is 5.33 Å². The fourth-order valence-electron chi connectivity index (χ4n) is 1.32. The number of carbonyl (C=O) groups excluding carboxylic acids is 1. The predicted molar refractivity (Wildman–Crippen MR) is 56.7 cm³/mol. The first-order chi connectivity index (χ1) is 6.65. The molecule has 0 saturated heterocycles. The molecule has 1 N–H and O–H groups in total. The Bertz CT molecular complexity index is 355. The van der Waals surface area contributed by atoms with Gasteiger partial charge >= 0.3 is 0 Å². The van der Waals surface area contributed by atoms with Gasteiger partial charge in [-0.1, -0.05) is 15.9 Å². The van der Waals surface area contributed by atoms with Crippen LogP contribution in [0.25, 0.3) is 0 Å². The lowest BCUT2D eigenvalue weighted by Gasteiger charge is -2.12. The molecule has 1 fully saturated rings. The van der Waals surface area contributed by atoms with Crippen LogP contribution in [-0.2, 0) is 0 Å². The maximum absolute atomic E-state index is 11.7. The second-order valence-corrected chi connectivity index (χ2v) is 4.37. The molecule has 0 radical (unpaired) electrons. The lowest BCUT2D eigenvalue weighted by molar-refractivity contribution is 0.0936. The highest BCUT2D eigenvalue weighted by Crippen LogP contribution is 2.37. The van der Waals surface area contributed by atoms with E-state index < -0.39 is 0 Å². The maximum Gasteiger partial charge on any atom is 0.255 e. The lowest BCUT2D eigenvalue weighted by atomic mass is 10.2. The molecule has 1 aromatic heterocycles. The number of carbonyl (C=O) groups is 1. The molecule has 76 valence electrons. The van der Waals surface area contributed by atoms with E-state index in [0.29, 0.717) is 5.56 Å². The summed E-state index contributed by atoms with van der Waals surface area (Å²) in [4.78, 5) is 11.7. The Kier molecular flexibility index (Phi) is 2.39. The summed E-state index contributed by atoms with van der Waals surface area (Å²) in [7, 11) is 0. The molecule has 0 aliphatic heterocycles. The van der Waals surface area contributed by atoms with Crippen LogP contribution in [0.5, 0.6) is 0 Å². The van der Waals surface area contributed by atoms with E-state index in [0.717, 1.165) is 23.9 Å². The molecule has 0 atom stereocenters. The van der Waals surface area contributed by atoms with Crippen LogP contribution in [0, 0.1) is 6.92 Å². The van der Waals surface area contributed by atoms with Crippen molar-refractivity contribution in [1.82, 2.24) is 5.32 Å². The molecule has 1 amide bonds. The minimum absolute atomic E-state index is 0.00224. The minimum atomic E-state index is -0.0428. The van der Waals surface area contributed by atoms with E-state index in [1.165, 1.54) is 6.26 Å². The average molecular weight is 258 g/mol. The van der Waals surface area contributed by atoms with Gasteiger partial charge in [0.15, 0.2) is 0 Å². The minimum Gasteiger partial charge on any atom is -0.469 e. The van der Waals surface area contributed by atoms with E-state index >= 15 is 0 Å². The fraction of sp³-hybridized carbons (Fsp3) is 0.500. The second-order valence-electron chi connectivity index (χ2n) is 3.81. The van der Waals surface area contributed by atoms with Gasteiger partial charge in [0.2, 0.25) is 0 Å². The van der Waals surface area contributed by atoms with E-state index in [1.54, 1.807) is 6.07 Å². The van der Waals surface area contributed by atoms with Crippen molar-refractivity contribution in [3.8, 4) is 0 Å². The molecule has 4 heteroatoms. The van der Waals surface area contributed by atoms with Gasteiger partial charge in [0.05, 0.1) is 11.1 Å². The van der Waals surface area contributed by atoms with Crippen LogP contribution in [-0.4, -0.2) is 16.8 Å². The van der Waals surface area contributed by atoms with Crippen molar-refractivity contribution >= 4 is 21.8 Å². The smallest absolute Gasteiger partial charge is 0.255 e. The molecule has 2 rings (SSSR count). The molecular formula is C10H12BrNO2. The van der Waals surface area contributed by atoms with Crippen molar-refractivity contribution in [2.24, 2.45) is 0 Å². The van der Waals surface area contributed by atoms with Gasteiger partial charge in [0.1, 0.15) is 12.0 Å². The zero-order valence-corrected chi connectivity index (χ0v) is 9.56. The van der Waals surface area contributed by atoms with Gasteiger partial charge in [-0.25, -0.2) is 0 Å². The van der Waals surface area contributed by atoms with E-state index in [4.69, 9.17) is 4.42 Å². The molecule has 0 spiro atoms. The van der Waals surface area contributed by atoms with Crippen LogP contribution in [0.3, 0.4) is 0 Å². The Morgan fingerprint density at radius 3 is 2.86 bits per heavy atom. The summed E-state index contributed by atoms with van der Waals surface area (Å²) in [6.07, 6.45) is 3.61. The molecule has 3 nitrogen and oxygen atoms in total. The van der Waals surface area contributed by atoms with Crippen molar-refractivity contribution in [1.29, 1.82) is 0 Å². The van der Waals surface area contributed by atoms with Gasteiger partial charge in [0, 0.05) is 5.33 Å². The molecule has 1 heterocycles. The topological polar surface area (TPSA) is 42.2 Å². The van der Waals surface area contributed by atoms with Crippen LogP contribution in [0.15, 0.2) is 16.7 Å². The molecule has 1 aromatic rings. The Morgan fingerprint density at radius 2 is 2.43 bits per heavy atom. The molecule has 0 aromatic carbocycles. The van der Waals surface area contributed by atoms with Crippen LogP contribution < -0.4 is 5.32 Å². The maximum atomic E-state index is 11.7. The highest BCUT2D eigenvalue weighted by molar-refractivity contribution is 9.09. The first-order valence-electron chi connectivity index (χ1n) is 4.59. The quantitative estimate of drug-likeness (QED) is 0.845. The molecule has 1 aliphatic carbocycles. The highest BCUT2D eigenvalue weighted by atomic mass is 79.9. The number of aryl methyl sites for hydroxylation is 1. The summed E-state index contributed by atoms with van der Waals surface area (Å²) in [5, 5.41) is 3.82. The van der Waals surface area contributed by atoms with E-state index in [1.807, 2.05) is 6.92 Å². The molecule has 1 saturated carbocycles. The lowest BCUT2D eigenvalue weighted by Crippen LogP contribution is -2.37. The monoisotopic (exact) mass is 257 g/mol. The number of furan rings is 1. The average Bonchev–Trinajstić information content (AvgIpc) is 2.80. The summed E-state index contributed by atoms with van der Waals surface area (Å²) in [5.74, 6) is 0.720. The van der Waals surface area contributed by atoms with Crippen LogP contribution in [0.2, 0.25) is 0 Å². The first-order valence-corrected chi connectivity index (χ1v) is 5.71. The summed E-state index contributed by atoms with van der Waals surface area (Å²) < 4.78 is 5.08. The number of amides is 1. The molecule has 0 bridgehead atoms. The van der Waals surface area contributed by atoms with Crippen molar-refractivity contribution in [2.45, 2.75) is 25.3 Å². The number of hydrogen-bond acceptors (Lipinski definition) is 2. The van der Waals surface area contributed by atoms with Crippen LogP contribution in [0.4, 0.5) is 0 Å². The molecular weight excluding hydrogens is 246 g/mol. The number of halogens is 1. The van der Waals surface area contributed by atoms with Gasteiger partial charge in [-0.05, 0) is 25.8 Å². The normalized spacial score (nSPS) is 17.9. The zero-order chi connectivity index (χ0) is 10.2. The summed E-state index contributed by atoms with van der Waals surface area (Å²) in [5.41, 5.74) is 0.608. The van der Waals surface area contributed by atoms with Gasteiger partial charge in [-0.2, -0.15) is 0 Å². The molecule has 1 aliphatic rings. The third-order valence-electron chi connectivity index (χ3n) is 2.48. The Morgan fingerprint density at radius 1 is 1.71 bits per heavy atom. The fourth-order valence-corrected chi connectivity index (χ4v) is 2.02.